The zero-order valence-corrected chi connectivity index (χ0v) is 11.1. The van der Waals surface area contributed by atoms with Gasteiger partial charge >= 0.3 is 5.69 Å². The number of nitrogens with zero attached hydrogens (tertiary/aromatic N) is 3. The molecular formula is C12H18N4O3. The molecule has 0 bridgehead atoms. The van der Waals surface area contributed by atoms with E-state index in [4.69, 9.17) is 4.74 Å². The van der Waals surface area contributed by atoms with Gasteiger partial charge in [-0.3, -0.25) is 10.1 Å². The van der Waals surface area contributed by atoms with Gasteiger partial charge in [0.1, 0.15) is 0 Å². The lowest BCUT2D eigenvalue weighted by molar-refractivity contribution is -0.385. The maximum Gasteiger partial charge on any atom is 0.311 e. The molecule has 1 aromatic carbocycles. The highest BCUT2D eigenvalue weighted by Crippen LogP contribution is 2.29. The molecule has 1 saturated heterocycles. The number of hydrogen-bond donors (Lipinski definition) is 1. The molecule has 0 radical (unpaired) electrons. The van der Waals surface area contributed by atoms with Crippen LogP contribution in [0.1, 0.15) is 0 Å². The summed E-state index contributed by atoms with van der Waals surface area (Å²) in [6.07, 6.45) is 0. The molecule has 1 heterocycles. The smallest absolute Gasteiger partial charge is 0.311 e. The lowest BCUT2D eigenvalue weighted by atomic mass is 10.2. The first-order valence-corrected chi connectivity index (χ1v) is 6.12. The van der Waals surface area contributed by atoms with Crippen LogP contribution >= 0.6 is 0 Å². The zero-order chi connectivity index (χ0) is 13.8. The Hall–Kier alpha value is -1.86. The molecule has 7 heteroatoms. The molecule has 0 atom stereocenters. The number of ether oxygens (including phenoxy) is 1. The summed E-state index contributed by atoms with van der Waals surface area (Å²) in [5, 5.41) is 12.9. The highest BCUT2D eigenvalue weighted by molar-refractivity contribution is 5.57. The predicted octanol–water partition coefficient (Wildman–Crippen LogP) is 1.18. The van der Waals surface area contributed by atoms with Gasteiger partial charge in [-0.1, -0.05) is 0 Å². The summed E-state index contributed by atoms with van der Waals surface area (Å²) in [5.41, 5.74) is 4.02. The topological polar surface area (TPSA) is 70.9 Å². The molecule has 19 heavy (non-hydrogen) atoms. The summed E-state index contributed by atoms with van der Waals surface area (Å²) in [6, 6.07) is 4.80. The fraction of sp³-hybridized carbons (Fsp3) is 0.500. The molecule has 104 valence electrons. The minimum atomic E-state index is -0.446. The lowest BCUT2D eigenvalue weighted by Crippen LogP contribution is -2.46. The molecule has 1 N–H and O–H groups in total. The number of methoxy groups -OCH3 is 1. The average Bonchev–Trinajstić information content (AvgIpc) is 2.41. The molecule has 1 fully saturated rings. The van der Waals surface area contributed by atoms with Gasteiger partial charge in [-0.05, 0) is 13.1 Å². The minimum Gasteiger partial charge on any atom is -0.490 e. The second-order valence-corrected chi connectivity index (χ2v) is 4.55. The first-order chi connectivity index (χ1) is 9.10. The summed E-state index contributed by atoms with van der Waals surface area (Å²) < 4.78 is 5.05. The highest BCUT2D eigenvalue weighted by atomic mass is 16.6. The predicted molar refractivity (Wildman–Crippen MR) is 72.3 cm³/mol. The second-order valence-electron chi connectivity index (χ2n) is 4.55. The van der Waals surface area contributed by atoms with Gasteiger partial charge in [0.25, 0.3) is 0 Å². The van der Waals surface area contributed by atoms with E-state index in [1.807, 2.05) is 0 Å². The maximum absolute atomic E-state index is 10.8. The van der Waals surface area contributed by atoms with Crippen molar-refractivity contribution in [2.24, 2.45) is 0 Å². The monoisotopic (exact) mass is 266 g/mol. The third-order valence-electron chi connectivity index (χ3n) is 3.17. The Labute approximate surface area is 111 Å². The van der Waals surface area contributed by atoms with Crippen LogP contribution in [-0.2, 0) is 0 Å². The SMILES string of the molecule is COc1cc(NN2CCN(C)CC2)ccc1[N+](=O)[O-]. The third-order valence-corrected chi connectivity index (χ3v) is 3.17. The summed E-state index contributed by atoms with van der Waals surface area (Å²) in [4.78, 5) is 12.6. The highest BCUT2D eigenvalue weighted by Gasteiger charge is 2.17. The maximum atomic E-state index is 10.8. The number of nitrogens with one attached hydrogen (secondary N) is 1. The summed E-state index contributed by atoms with van der Waals surface area (Å²) in [5.74, 6) is 0.268. The van der Waals surface area contributed by atoms with Crippen LogP contribution in [0.2, 0.25) is 0 Å². The van der Waals surface area contributed by atoms with Crippen molar-refractivity contribution in [2.45, 2.75) is 0 Å². The van der Waals surface area contributed by atoms with E-state index in [0.717, 1.165) is 31.9 Å². The van der Waals surface area contributed by atoms with Crippen LogP contribution in [0.4, 0.5) is 11.4 Å². The Morgan fingerprint density at radius 2 is 2.00 bits per heavy atom. The van der Waals surface area contributed by atoms with Crippen molar-refractivity contribution >= 4 is 11.4 Å². The van der Waals surface area contributed by atoms with E-state index in [9.17, 15) is 10.1 Å². The first kappa shape index (κ1) is 13.6. The van der Waals surface area contributed by atoms with Gasteiger partial charge in [0.05, 0.1) is 17.7 Å². The number of nitro groups is 1. The van der Waals surface area contributed by atoms with E-state index in [-0.39, 0.29) is 11.4 Å². The van der Waals surface area contributed by atoms with Gasteiger partial charge in [-0.15, -0.1) is 0 Å². The van der Waals surface area contributed by atoms with Gasteiger partial charge in [-0.25, -0.2) is 5.01 Å². The number of anilines is 1. The number of rotatable bonds is 4. The molecule has 7 nitrogen and oxygen atoms in total. The largest absolute Gasteiger partial charge is 0.490 e. The molecule has 1 aromatic rings. The van der Waals surface area contributed by atoms with Gasteiger partial charge in [0.15, 0.2) is 5.75 Å². The second kappa shape index (κ2) is 5.85. The quantitative estimate of drug-likeness (QED) is 0.651. The minimum absolute atomic E-state index is 0.0218. The first-order valence-electron chi connectivity index (χ1n) is 6.12. The van der Waals surface area contributed by atoms with Crippen LogP contribution in [0.15, 0.2) is 18.2 Å². The Bertz CT molecular complexity index is 458. The van der Waals surface area contributed by atoms with Crippen molar-refractivity contribution < 1.29 is 9.66 Å². The Balaban J connectivity index is 2.07. The fourth-order valence-electron chi connectivity index (χ4n) is 2.00. The van der Waals surface area contributed by atoms with Gasteiger partial charge in [-0.2, -0.15) is 0 Å². The van der Waals surface area contributed by atoms with Crippen molar-refractivity contribution in [3.63, 3.8) is 0 Å². The number of hydrazine groups is 1. The van der Waals surface area contributed by atoms with E-state index in [1.165, 1.54) is 13.2 Å². The van der Waals surface area contributed by atoms with Crippen molar-refractivity contribution in [2.75, 3.05) is 45.8 Å². The summed E-state index contributed by atoms with van der Waals surface area (Å²) in [6.45, 7) is 3.82. The Kier molecular flexibility index (Phi) is 4.18. The fourth-order valence-corrected chi connectivity index (χ4v) is 2.00. The molecular weight excluding hydrogens is 248 g/mol. The van der Waals surface area contributed by atoms with Crippen LogP contribution in [0.5, 0.6) is 5.75 Å². The van der Waals surface area contributed by atoms with E-state index < -0.39 is 4.92 Å². The van der Waals surface area contributed by atoms with Gasteiger partial charge in [0, 0.05) is 38.3 Å². The molecule has 0 unspecified atom stereocenters. The van der Waals surface area contributed by atoms with E-state index in [0.29, 0.717) is 0 Å². The van der Waals surface area contributed by atoms with Crippen LogP contribution in [0.25, 0.3) is 0 Å². The Morgan fingerprint density at radius 1 is 1.32 bits per heavy atom. The number of nitro benzene ring substituents is 1. The van der Waals surface area contributed by atoms with Crippen LogP contribution in [-0.4, -0.2) is 55.2 Å². The zero-order valence-electron chi connectivity index (χ0n) is 11.1. The van der Waals surface area contributed by atoms with Crippen molar-refractivity contribution in [1.29, 1.82) is 0 Å². The molecule has 2 rings (SSSR count). The summed E-state index contributed by atoms with van der Waals surface area (Å²) >= 11 is 0. The van der Waals surface area contributed by atoms with E-state index in [1.54, 1.807) is 12.1 Å². The van der Waals surface area contributed by atoms with E-state index in [2.05, 4.69) is 22.4 Å². The molecule has 0 aliphatic carbocycles. The summed E-state index contributed by atoms with van der Waals surface area (Å²) in [7, 11) is 3.52. The van der Waals surface area contributed by atoms with Gasteiger partial charge < -0.3 is 15.1 Å². The van der Waals surface area contributed by atoms with Crippen molar-refractivity contribution in [3.8, 4) is 5.75 Å². The molecule has 0 saturated carbocycles. The standard InChI is InChI=1S/C12H18N4O3/c1-14-5-7-15(8-6-14)13-10-3-4-11(16(17)18)12(9-10)19-2/h3-4,9,13H,5-8H2,1-2H3. The van der Waals surface area contributed by atoms with Crippen LogP contribution in [0, 0.1) is 10.1 Å². The molecule has 1 aliphatic heterocycles. The molecule has 0 aromatic heterocycles. The number of piperazine rings is 1. The molecule has 1 aliphatic rings. The molecule has 0 spiro atoms. The number of benzene rings is 1. The average molecular weight is 266 g/mol. The third kappa shape index (κ3) is 3.33. The van der Waals surface area contributed by atoms with Crippen LogP contribution in [0.3, 0.4) is 0 Å². The Morgan fingerprint density at radius 3 is 2.58 bits per heavy atom. The van der Waals surface area contributed by atoms with Crippen molar-refractivity contribution in [3.05, 3.63) is 28.3 Å². The van der Waals surface area contributed by atoms with Crippen LogP contribution < -0.4 is 10.2 Å². The number of likely N-dealkylation sites (N-methyl/N-ethyl adjacent to an activating group) is 1. The lowest BCUT2D eigenvalue weighted by Gasteiger charge is -2.33. The van der Waals surface area contributed by atoms with E-state index >= 15 is 0 Å². The van der Waals surface area contributed by atoms with Crippen molar-refractivity contribution in [1.82, 2.24) is 9.91 Å². The number of hydrogen-bond acceptors (Lipinski definition) is 6. The normalized spacial score (nSPS) is 17.2. The van der Waals surface area contributed by atoms with Gasteiger partial charge in [0.2, 0.25) is 0 Å². The molecule has 0 amide bonds.